The van der Waals surface area contributed by atoms with Crippen LogP contribution < -0.4 is 10.5 Å². The quantitative estimate of drug-likeness (QED) is 0.659. The van der Waals surface area contributed by atoms with E-state index in [1.165, 1.54) is 6.07 Å². The second kappa shape index (κ2) is 6.69. The van der Waals surface area contributed by atoms with Gasteiger partial charge in [0.25, 0.3) is 5.69 Å². The van der Waals surface area contributed by atoms with Gasteiger partial charge in [-0.25, -0.2) is 0 Å². The van der Waals surface area contributed by atoms with E-state index in [9.17, 15) is 10.1 Å². The Kier molecular flexibility index (Phi) is 4.93. The minimum Gasteiger partial charge on any atom is -0.496 e. The Labute approximate surface area is 131 Å². The first kappa shape index (κ1) is 15.5. The molecule has 0 spiro atoms. The predicted octanol–water partition coefficient (Wildman–Crippen LogP) is 3.61. The number of benzene rings is 2. The largest absolute Gasteiger partial charge is 0.496 e. The predicted molar refractivity (Wildman–Crippen MR) is 84.4 cm³/mol. The summed E-state index contributed by atoms with van der Waals surface area (Å²) in [6.07, 6.45) is 0.399. The highest BCUT2D eigenvalue weighted by Crippen LogP contribution is 2.29. The number of hydrogen-bond acceptors (Lipinski definition) is 4. The number of para-hydroxylation sites is 1. The highest BCUT2D eigenvalue weighted by Gasteiger charge is 2.17. The molecule has 0 aliphatic heterocycles. The Hall–Kier alpha value is -1.92. The lowest BCUT2D eigenvalue weighted by Gasteiger charge is -2.14. The molecule has 2 aromatic carbocycles. The van der Waals surface area contributed by atoms with Gasteiger partial charge in [-0.2, -0.15) is 0 Å². The molecule has 2 rings (SSSR count). The van der Waals surface area contributed by atoms with Crippen LogP contribution in [0.5, 0.6) is 5.75 Å². The molecule has 0 radical (unpaired) electrons. The van der Waals surface area contributed by atoms with E-state index in [0.29, 0.717) is 12.0 Å². The number of rotatable bonds is 5. The van der Waals surface area contributed by atoms with Crippen molar-refractivity contribution in [1.29, 1.82) is 0 Å². The molecule has 0 saturated carbocycles. The zero-order valence-electron chi connectivity index (χ0n) is 11.5. The number of halogens is 1. The third-order valence-electron chi connectivity index (χ3n) is 3.23. The molecule has 2 aromatic rings. The van der Waals surface area contributed by atoms with Crippen molar-refractivity contribution in [1.82, 2.24) is 0 Å². The van der Waals surface area contributed by atoms with Gasteiger partial charge >= 0.3 is 0 Å². The first-order chi connectivity index (χ1) is 10.0. The lowest BCUT2D eigenvalue weighted by atomic mass is 9.98. The maximum absolute atomic E-state index is 11.0. The number of methoxy groups -OCH3 is 1. The summed E-state index contributed by atoms with van der Waals surface area (Å²) in [5.74, 6) is 0.719. The number of nitrogens with zero attached hydrogens (tertiary/aromatic N) is 1. The topological polar surface area (TPSA) is 78.4 Å². The zero-order valence-corrected chi connectivity index (χ0v) is 13.0. The Bertz CT molecular complexity index is 661. The summed E-state index contributed by atoms with van der Waals surface area (Å²) in [6, 6.07) is 11.9. The van der Waals surface area contributed by atoms with Crippen molar-refractivity contribution in [3.63, 3.8) is 0 Å². The summed E-state index contributed by atoms with van der Waals surface area (Å²) in [6.45, 7) is 0. The summed E-state index contributed by atoms with van der Waals surface area (Å²) in [5.41, 5.74) is 7.79. The highest BCUT2D eigenvalue weighted by atomic mass is 79.9. The maximum Gasteiger partial charge on any atom is 0.272 e. The molecular formula is C15H15BrN2O3. The first-order valence-corrected chi connectivity index (χ1v) is 7.13. The summed E-state index contributed by atoms with van der Waals surface area (Å²) < 4.78 is 5.98. The van der Waals surface area contributed by atoms with Crippen LogP contribution in [0.4, 0.5) is 5.69 Å². The van der Waals surface area contributed by atoms with Crippen molar-refractivity contribution in [3.8, 4) is 5.75 Å². The second-order valence-electron chi connectivity index (χ2n) is 4.59. The van der Waals surface area contributed by atoms with Crippen molar-refractivity contribution in [2.45, 2.75) is 12.5 Å². The van der Waals surface area contributed by atoms with Gasteiger partial charge in [0, 0.05) is 17.7 Å². The molecule has 1 atom stereocenters. The Morgan fingerprint density at radius 2 is 2.05 bits per heavy atom. The monoisotopic (exact) mass is 350 g/mol. The van der Waals surface area contributed by atoms with Crippen LogP contribution in [0.1, 0.15) is 17.2 Å². The number of nitro groups is 1. The first-order valence-electron chi connectivity index (χ1n) is 6.34. The molecule has 1 unspecified atom stereocenters. The van der Waals surface area contributed by atoms with Crippen LogP contribution in [0.2, 0.25) is 0 Å². The van der Waals surface area contributed by atoms with Crippen LogP contribution in [0, 0.1) is 10.1 Å². The van der Waals surface area contributed by atoms with Gasteiger partial charge in [-0.1, -0.05) is 24.3 Å². The molecule has 5 nitrogen and oxygen atoms in total. The molecule has 21 heavy (non-hydrogen) atoms. The van der Waals surface area contributed by atoms with Crippen LogP contribution in [-0.2, 0) is 6.42 Å². The molecule has 0 bridgehead atoms. The fraction of sp³-hybridized carbons (Fsp3) is 0.200. The molecule has 0 aromatic heterocycles. The minimum atomic E-state index is -0.383. The van der Waals surface area contributed by atoms with Crippen molar-refractivity contribution >= 4 is 21.6 Å². The fourth-order valence-electron chi connectivity index (χ4n) is 2.13. The van der Waals surface area contributed by atoms with E-state index in [0.717, 1.165) is 15.8 Å². The van der Waals surface area contributed by atoms with Gasteiger partial charge in [0.15, 0.2) is 0 Å². The van der Waals surface area contributed by atoms with Crippen LogP contribution in [-0.4, -0.2) is 12.0 Å². The third kappa shape index (κ3) is 3.59. The zero-order chi connectivity index (χ0) is 15.4. The van der Waals surface area contributed by atoms with E-state index >= 15 is 0 Å². The molecule has 2 N–H and O–H groups in total. The number of nitrogens with two attached hydrogens (primary N) is 1. The van der Waals surface area contributed by atoms with E-state index in [1.54, 1.807) is 25.3 Å². The maximum atomic E-state index is 11.0. The standard InChI is InChI=1S/C15H15BrN2O3/c1-21-15-7-6-10(8-12(15)16)13(17)9-11-4-2-3-5-14(11)18(19)20/h2-8,13H,9,17H2,1H3. The minimum absolute atomic E-state index is 0.0977. The van der Waals surface area contributed by atoms with E-state index in [-0.39, 0.29) is 16.7 Å². The summed E-state index contributed by atoms with van der Waals surface area (Å²) in [4.78, 5) is 10.6. The molecule has 0 aliphatic carbocycles. The van der Waals surface area contributed by atoms with E-state index in [2.05, 4.69) is 15.9 Å². The Morgan fingerprint density at radius 1 is 1.33 bits per heavy atom. The van der Waals surface area contributed by atoms with Crippen molar-refractivity contribution in [2.75, 3.05) is 7.11 Å². The lowest BCUT2D eigenvalue weighted by Crippen LogP contribution is -2.14. The van der Waals surface area contributed by atoms with E-state index < -0.39 is 0 Å². The smallest absolute Gasteiger partial charge is 0.272 e. The number of nitro benzene ring substituents is 1. The van der Waals surface area contributed by atoms with Crippen molar-refractivity contribution in [2.24, 2.45) is 5.73 Å². The van der Waals surface area contributed by atoms with Gasteiger partial charge in [0.2, 0.25) is 0 Å². The molecule has 0 amide bonds. The van der Waals surface area contributed by atoms with Gasteiger partial charge < -0.3 is 10.5 Å². The molecule has 0 aliphatic rings. The third-order valence-corrected chi connectivity index (χ3v) is 3.85. The second-order valence-corrected chi connectivity index (χ2v) is 5.44. The van der Waals surface area contributed by atoms with Crippen LogP contribution in [0.25, 0.3) is 0 Å². The van der Waals surface area contributed by atoms with Gasteiger partial charge in [0.1, 0.15) is 5.75 Å². The van der Waals surface area contributed by atoms with Crippen LogP contribution >= 0.6 is 15.9 Å². The van der Waals surface area contributed by atoms with Gasteiger partial charge in [-0.15, -0.1) is 0 Å². The normalized spacial score (nSPS) is 12.0. The lowest BCUT2D eigenvalue weighted by molar-refractivity contribution is -0.385. The van der Waals surface area contributed by atoms with Gasteiger partial charge in [-0.3, -0.25) is 10.1 Å². The average Bonchev–Trinajstić information content (AvgIpc) is 2.47. The Morgan fingerprint density at radius 3 is 2.67 bits per heavy atom. The summed E-state index contributed by atoms with van der Waals surface area (Å²) in [7, 11) is 1.59. The van der Waals surface area contributed by atoms with Crippen LogP contribution in [0.15, 0.2) is 46.9 Å². The molecule has 0 fully saturated rings. The van der Waals surface area contributed by atoms with E-state index in [1.807, 2.05) is 18.2 Å². The van der Waals surface area contributed by atoms with Crippen LogP contribution in [0.3, 0.4) is 0 Å². The van der Waals surface area contributed by atoms with E-state index in [4.69, 9.17) is 10.5 Å². The molecular weight excluding hydrogens is 336 g/mol. The summed E-state index contributed by atoms with van der Waals surface area (Å²) >= 11 is 3.41. The number of ether oxygens (including phenoxy) is 1. The number of hydrogen-bond donors (Lipinski definition) is 1. The summed E-state index contributed by atoms with van der Waals surface area (Å²) in [5, 5.41) is 11.0. The SMILES string of the molecule is COc1ccc(C(N)Cc2ccccc2[N+](=O)[O-])cc1Br. The fourth-order valence-corrected chi connectivity index (χ4v) is 2.69. The van der Waals surface area contributed by atoms with Gasteiger partial charge in [0.05, 0.1) is 16.5 Å². The van der Waals surface area contributed by atoms with Crippen molar-refractivity contribution in [3.05, 3.63) is 68.2 Å². The molecule has 110 valence electrons. The Balaban J connectivity index is 2.24. The average molecular weight is 351 g/mol. The molecule has 6 heteroatoms. The molecule has 0 saturated heterocycles. The van der Waals surface area contributed by atoms with Crippen molar-refractivity contribution < 1.29 is 9.66 Å². The molecule has 0 heterocycles. The van der Waals surface area contributed by atoms with Gasteiger partial charge in [-0.05, 0) is 40.0 Å². The highest BCUT2D eigenvalue weighted by molar-refractivity contribution is 9.10.